The molecule has 0 amide bonds. The zero-order valence-electron chi connectivity index (χ0n) is 12.4. The molecule has 1 N–H and O–H groups in total. The van der Waals surface area contributed by atoms with E-state index >= 15 is 0 Å². The van der Waals surface area contributed by atoms with Gasteiger partial charge in [0.05, 0.1) is 0 Å². The van der Waals surface area contributed by atoms with Gasteiger partial charge in [-0.15, -0.1) is 0 Å². The lowest BCUT2D eigenvalue weighted by Gasteiger charge is -2.19. The Bertz CT molecular complexity index is 184. The van der Waals surface area contributed by atoms with Crippen molar-refractivity contribution in [3.05, 3.63) is 0 Å². The molecule has 0 radical (unpaired) electrons. The first-order valence-electron chi connectivity index (χ1n) is 7.96. The van der Waals surface area contributed by atoms with Gasteiger partial charge in [0.25, 0.3) is 0 Å². The molecule has 1 atom stereocenters. The van der Waals surface area contributed by atoms with E-state index in [2.05, 4.69) is 26.1 Å². The van der Waals surface area contributed by atoms with E-state index in [-0.39, 0.29) is 0 Å². The van der Waals surface area contributed by atoms with E-state index in [1.54, 1.807) is 0 Å². The van der Waals surface area contributed by atoms with Crippen LogP contribution in [0.25, 0.3) is 0 Å². The summed E-state index contributed by atoms with van der Waals surface area (Å²) >= 11 is 0. The van der Waals surface area contributed by atoms with Crippen LogP contribution in [0.2, 0.25) is 0 Å². The molecule has 0 spiro atoms. The Labute approximate surface area is 109 Å². The molecule has 1 unspecified atom stereocenters. The highest BCUT2D eigenvalue weighted by Gasteiger charge is 2.40. The van der Waals surface area contributed by atoms with Gasteiger partial charge in [-0.05, 0) is 38.0 Å². The monoisotopic (exact) mass is 239 g/mol. The quantitative estimate of drug-likeness (QED) is 0.505. The predicted molar refractivity (Wildman–Crippen MR) is 77.4 cm³/mol. The highest BCUT2D eigenvalue weighted by molar-refractivity contribution is 4.94. The molecule has 1 aliphatic rings. The third kappa shape index (κ3) is 6.45. The van der Waals surface area contributed by atoms with Crippen molar-refractivity contribution < 1.29 is 0 Å². The fourth-order valence-electron chi connectivity index (χ4n) is 2.77. The maximum absolute atomic E-state index is 3.76. The molecule has 1 nitrogen and oxygen atoms in total. The average Bonchev–Trinajstić information content (AvgIpc) is 3.07. The van der Waals surface area contributed by atoms with E-state index in [1.807, 2.05) is 0 Å². The molecule has 1 aliphatic carbocycles. The van der Waals surface area contributed by atoms with Crippen molar-refractivity contribution in [2.75, 3.05) is 6.54 Å². The molecule has 102 valence electrons. The third-order valence-electron chi connectivity index (χ3n) is 4.30. The van der Waals surface area contributed by atoms with Crippen LogP contribution in [0.5, 0.6) is 0 Å². The Balaban J connectivity index is 1.96. The summed E-state index contributed by atoms with van der Waals surface area (Å²) < 4.78 is 0. The van der Waals surface area contributed by atoms with Crippen LogP contribution in [-0.2, 0) is 0 Å². The second kappa shape index (κ2) is 8.13. The fraction of sp³-hybridized carbons (Fsp3) is 1.00. The second-order valence-corrected chi connectivity index (χ2v) is 6.23. The molecular formula is C16H33N. The van der Waals surface area contributed by atoms with Crippen LogP contribution in [0, 0.1) is 5.41 Å². The van der Waals surface area contributed by atoms with Crippen LogP contribution in [0.4, 0.5) is 0 Å². The summed E-state index contributed by atoms with van der Waals surface area (Å²) in [5.74, 6) is 0. The van der Waals surface area contributed by atoms with Crippen molar-refractivity contribution in [1.29, 1.82) is 0 Å². The standard InChI is InChI=1S/C16H33N/c1-4-6-7-8-9-10-15(3)17-14-16(11-5-2)12-13-16/h15,17H,4-14H2,1-3H3. The minimum atomic E-state index is 0.714. The second-order valence-electron chi connectivity index (χ2n) is 6.23. The van der Waals surface area contributed by atoms with Crippen molar-refractivity contribution in [2.24, 2.45) is 5.41 Å². The van der Waals surface area contributed by atoms with E-state index < -0.39 is 0 Å². The summed E-state index contributed by atoms with van der Waals surface area (Å²) in [5.41, 5.74) is 0.714. The summed E-state index contributed by atoms with van der Waals surface area (Å²) in [7, 11) is 0. The minimum absolute atomic E-state index is 0.714. The van der Waals surface area contributed by atoms with E-state index in [1.165, 1.54) is 70.8 Å². The van der Waals surface area contributed by atoms with E-state index in [0.29, 0.717) is 5.41 Å². The maximum Gasteiger partial charge on any atom is 0.00389 e. The molecule has 0 aromatic heterocycles. The lowest BCUT2D eigenvalue weighted by Crippen LogP contribution is -2.32. The molecular weight excluding hydrogens is 206 g/mol. The molecule has 17 heavy (non-hydrogen) atoms. The molecule has 1 heteroatoms. The van der Waals surface area contributed by atoms with Crippen LogP contribution in [0.3, 0.4) is 0 Å². The van der Waals surface area contributed by atoms with Gasteiger partial charge in [0, 0.05) is 12.6 Å². The van der Waals surface area contributed by atoms with Crippen molar-refractivity contribution in [3.63, 3.8) is 0 Å². The Morgan fingerprint density at radius 2 is 1.71 bits per heavy atom. The summed E-state index contributed by atoms with van der Waals surface area (Å²) in [6.07, 6.45) is 14.1. The number of nitrogens with one attached hydrogen (secondary N) is 1. The highest BCUT2D eigenvalue weighted by atomic mass is 14.9. The van der Waals surface area contributed by atoms with E-state index in [9.17, 15) is 0 Å². The summed E-state index contributed by atoms with van der Waals surface area (Å²) in [5, 5.41) is 3.76. The van der Waals surface area contributed by atoms with E-state index in [4.69, 9.17) is 0 Å². The fourth-order valence-corrected chi connectivity index (χ4v) is 2.77. The van der Waals surface area contributed by atoms with Crippen molar-refractivity contribution in [3.8, 4) is 0 Å². The lowest BCUT2D eigenvalue weighted by atomic mass is 10.00. The summed E-state index contributed by atoms with van der Waals surface area (Å²) in [6.45, 7) is 8.24. The Morgan fingerprint density at radius 3 is 2.29 bits per heavy atom. The van der Waals surface area contributed by atoms with Gasteiger partial charge in [-0.2, -0.15) is 0 Å². The van der Waals surface area contributed by atoms with Gasteiger partial charge in [-0.25, -0.2) is 0 Å². The Morgan fingerprint density at radius 1 is 1.00 bits per heavy atom. The van der Waals surface area contributed by atoms with Gasteiger partial charge in [0.1, 0.15) is 0 Å². The number of hydrogen-bond donors (Lipinski definition) is 1. The van der Waals surface area contributed by atoms with Gasteiger partial charge in [-0.3, -0.25) is 0 Å². The first-order valence-corrected chi connectivity index (χ1v) is 7.96. The largest absolute Gasteiger partial charge is 0.314 e. The smallest absolute Gasteiger partial charge is 0.00389 e. The van der Waals surface area contributed by atoms with Gasteiger partial charge in [0.15, 0.2) is 0 Å². The Kier molecular flexibility index (Phi) is 7.18. The molecule has 0 heterocycles. The zero-order valence-corrected chi connectivity index (χ0v) is 12.4. The van der Waals surface area contributed by atoms with Crippen LogP contribution in [0.1, 0.15) is 85.0 Å². The maximum atomic E-state index is 3.76. The lowest BCUT2D eigenvalue weighted by molar-refractivity contribution is 0.379. The van der Waals surface area contributed by atoms with Gasteiger partial charge < -0.3 is 5.32 Å². The van der Waals surface area contributed by atoms with Crippen molar-refractivity contribution in [1.82, 2.24) is 5.32 Å². The van der Waals surface area contributed by atoms with Crippen LogP contribution in [-0.4, -0.2) is 12.6 Å². The van der Waals surface area contributed by atoms with Crippen LogP contribution >= 0.6 is 0 Å². The topological polar surface area (TPSA) is 12.0 Å². The minimum Gasteiger partial charge on any atom is -0.314 e. The molecule has 0 saturated heterocycles. The molecule has 0 bridgehead atoms. The molecule has 1 saturated carbocycles. The van der Waals surface area contributed by atoms with E-state index in [0.717, 1.165) is 6.04 Å². The molecule has 1 rings (SSSR count). The van der Waals surface area contributed by atoms with Crippen LogP contribution in [0.15, 0.2) is 0 Å². The molecule has 0 aromatic rings. The van der Waals surface area contributed by atoms with Crippen molar-refractivity contribution >= 4 is 0 Å². The van der Waals surface area contributed by atoms with Gasteiger partial charge >= 0.3 is 0 Å². The van der Waals surface area contributed by atoms with Gasteiger partial charge in [-0.1, -0.05) is 52.4 Å². The Hall–Kier alpha value is -0.0400. The summed E-state index contributed by atoms with van der Waals surface area (Å²) in [6, 6.07) is 0.728. The molecule has 0 aliphatic heterocycles. The predicted octanol–water partition coefficient (Wildman–Crippen LogP) is 4.91. The zero-order chi connectivity index (χ0) is 12.6. The first kappa shape index (κ1) is 15.0. The summed E-state index contributed by atoms with van der Waals surface area (Å²) in [4.78, 5) is 0. The number of unbranched alkanes of at least 4 members (excludes halogenated alkanes) is 4. The SMILES string of the molecule is CCCCCCCC(C)NCC1(CCC)CC1. The average molecular weight is 239 g/mol. The first-order chi connectivity index (χ1) is 8.22. The van der Waals surface area contributed by atoms with Crippen LogP contribution < -0.4 is 5.32 Å². The van der Waals surface area contributed by atoms with Crippen molar-refractivity contribution in [2.45, 2.75) is 91.0 Å². The number of hydrogen-bond acceptors (Lipinski definition) is 1. The highest BCUT2D eigenvalue weighted by Crippen LogP contribution is 2.48. The molecule has 1 fully saturated rings. The third-order valence-corrected chi connectivity index (χ3v) is 4.30. The van der Waals surface area contributed by atoms with Gasteiger partial charge in [0.2, 0.25) is 0 Å². The normalized spacial score (nSPS) is 19.2. The number of rotatable bonds is 11. The molecule has 0 aromatic carbocycles.